The van der Waals surface area contributed by atoms with E-state index in [1.54, 1.807) is 41.0 Å². The largest absolute Gasteiger partial charge is 0.366 e. The van der Waals surface area contributed by atoms with Crippen molar-refractivity contribution in [2.24, 2.45) is 5.73 Å². The number of rotatable bonds is 7. The lowest BCUT2D eigenvalue weighted by atomic mass is 10.1. The summed E-state index contributed by atoms with van der Waals surface area (Å²) in [6.45, 7) is 1.81. The number of sulfone groups is 1. The minimum atomic E-state index is -3.65. The molecule has 1 heterocycles. The Balaban J connectivity index is 1.61. The maximum Gasteiger partial charge on any atom is 0.248 e. The second-order valence-corrected chi connectivity index (χ2v) is 9.77. The van der Waals surface area contributed by atoms with E-state index in [1.165, 1.54) is 18.3 Å². The molecule has 0 aliphatic carbocycles. The number of para-hydroxylation sites is 1. The molecule has 0 spiro atoms. The highest BCUT2D eigenvalue weighted by Gasteiger charge is 2.23. The molecule has 168 valence electrons. The fourth-order valence-electron chi connectivity index (χ4n) is 3.72. The number of nitrogens with two attached hydrogens (primary N) is 1. The van der Waals surface area contributed by atoms with Crippen molar-refractivity contribution in [1.29, 1.82) is 0 Å². The van der Waals surface area contributed by atoms with Crippen LogP contribution in [0, 0.1) is 6.92 Å². The molecule has 0 saturated heterocycles. The lowest BCUT2D eigenvalue weighted by Gasteiger charge is -2.08. The van der Waals surface area contributed by atoms with Crippen LogP contribution in [0.1, 0.15) is 21.5 Å². The highest BCUT2D eigenvalue weighted by molar-refractivity contribution is 7.90. The molecular formula is C25H23N3O4S. The van der Waals surface area contributed by atoms with Crippen LogP contribution < -0.4 is 11.1 Å². The number of nitrogens with zero attached hydrogens (tertiary/aromatic N) is 1. The molecule has 3 aromatic carbocycles. The number of amides is 2. The van der Waals surface area contributed by atoms with Gasteiger partial charge in [-0.2, -0.15) is 0 Å². The maximum atomic E-state index is 13.3. The molecule has 4 aromatic rings. The average Bonchev–Trinajstić information content (AvgIpc) is 3.15. The minimum absolute atomic E-state index is 0.0715. The van der Waals surface area contributed by atoms with Gasteiger partial charge in [-0.15, -0.1) is 0 Å². The SMILES string of the molecule is Cc1ccccc1CS(=O)(=O)c1cn(CC(=O)Nc2ccc(C(N)=O)cc2)c2ccccc12. The third kappa shape index (κ3) is 4.80. The van der Waals surface area contributed by atoms with E-state index in [1.807, 2.05) is 31.2 Å². The van der Waals surface area contributed by atoms with Gasteiger partial charge in [-0.1, -0.05) is 42.5 Å². The predicted molar refractivity (Wildman–Crippen MR) is 128 cm³/mol. The third-order valence-corrected chi connectivity index (χ3v) is 7.15. The third-order valence-electron chi connectivity index (χ3n) is 5.46. The predicted octanol–water partition coefficient (Wildman–Crippen LogP) is 3.66. The molecule has 0 saturated carbocycles. The Morgan fingerprint density at radius 3 is 2.30 bits per heavy atom. The van der Waals surface area contributed by atoms with E-state index < -0.39 is 15.7 Å². The Kier molecular flexibility index (Phi) is 6.02. The van der Waals surface area contributed by atoms with Crippen LogP contribution >= 0.6 is 0 Å². The van der Waals surface area contributed by atoms with Gasteiger partial charge in [-0.25, -0.2) is 8.42 Å². The van der Waals surface area contributed by atoms with Gasteiger partial charge in [0.25, 0.3) is 0 Å². The number of carbonyl (C=O) groups excluding carboxylic acids is 2. The summed E-state index contributed by atoms with van der Waals surface area (Å²) in [5, 5.41) is 3.33. The van der Waals surface area contributed by atoms with Crippen molar-refractivity contribution in [2.45, 2.75) is 24.1 Å². The highest BCUT2D eigenvalue weighted by Crippen LogP contribution is 2.28. The Hall–Kier alpha value is -3.91. The Morgan fingerprint density at radius 2 is 1.61 bits per heavy atom. The lowest BCUT2D eigenvalue weighted by Crippen LogP contribution is -2.18. The van der Waals surface area contributed by atoms with Crippen LogP contribution in [0.25, 0.3) is 10.9 Å². The van der Waals surface area contributed by atoms with E-state index in [4.69, 9.17) is 5.73 Å². The fraction of sp³-hybridized carbons (Fsp3) is 0.120. The maximum absolute atomic E-state index is 13.3. The van der Waals surface area contributed by atoms with Crippen molar-refractivity contribution in [3.63, 3.8) is 0 Å². The van der Waals surface area contributed by atoms with Crippen LogP contribution in [0.2, 0.25) is 0 Å². The van der Waals surface area contributed by atoms with Gasteiger partial charge >= 0.3 is 0 Å². The number of nitrogens with one attached hydrogen (secondary N) is 1. The van der Waals surface area contributed by atoms with Crippen LogP contribution in [0.15, 0.2) is 83.9 Å². The lowest BCUT2D eigenvalue weighted by molar-refractivity contribution is -0.116. The molecule has 4 rings (SSSR count). The first kappa shape index (κ1) is 22.3. The summed E-state index contributed by atoms with van der Waals surface area (Å²) in [6.07, 6.45) is 1.52. The van der Waals surface area contributed by atoms with Gasteiger partial charge < -0.3 is 15.6 Å². The molecule has 0 aliphatic heterocycles. The summed E-state index contributed by atoms with van der Waals surface area (Å²) >= 11 is 0. The first-order valence-electron chi connectivity index (χ1n) is 10.3. The van der Waals surface area contributed by atoms with Gasteiger partial charge in [0, 0.05) is 28.4 Å². The van der Waals surface area contributed by atoms with E-state index in [0.29, 0.717) is 22.2 Å². The molecule has 0 aliphatic rings. The summed E-state index contributed by atoms with van der Waals surface area (Å²) in [5.41, 5.74) is 8.39. The summed E-state index contributed by atoms with van der Waals surface area (Å²) < 4.78 is 28.2. The van der Waals surface area contributed by atoms with Crippen molar-refractivity contribution >= 4 is 38.2 Å². The highest BCUT2D eigenvalue weighted by atomic mass is 32.2. The molecule has 33 heavy (non-hydrogen) atoms. The zero-order chi connectivity index (χ0) is 23.6. The molecule has 0 radical (unpaired) electrons. The Bertz CT molecular complexity index is 1450. The van der Waals surface area contributed by atoms with E-state index in [2.05, 4.69) is 5.32 Å². The zero-order valence-electron chi connectivity index (χ0n) is 18.0. The quantitative estimate of drug-likeness (QED) is 0.437. The number of carbonyl (C=O) groups is 2. The minimum Gasteiger partial charge on any atom is -0.366 e. The van der Waals surface area contributed by atoms with Crippen LogP contribution in [-0.2, 0) is 26.9 Å². The zero-order valence-corrected chi connectivity index (χ0v) is 18.8. The molecule has 0 atom stereocenters. The van der Waals surface area contributed by atoms with Crippen molar-refractivity contribution < 1.29 is 18.0 Å². The number of fused-ring (bicyclic) bond motifs is 1. The number of hydrogen-bond acceptors (Lipinski definition) is 4. The average molecular weight is 462 g/mol. The van der Waals surface area contributed by atoms with Gasteiger partial charge in [0.2, 0.25) is 11.8 Å². The summed E-state index contributed by atoms with van der Waals surface area (Å²) in [4.78, 5) is 24.1. The van der Waals surface area contributed by atoms with Gasteiger partial charge in [0.1, 0.15) is 6.54 Å². The van der Waals surface area contributed by atoms with Crippen molar-refractivity contribution in [3.05, 3.63) is 95.7 Å². The van der Waals surface area contributed by atoms with Crippen molar-refractivity contribution in [3.8, 4) is 0 Å². The van der Waals surface area contributed by atoms with Gasteiger partial charge in [0.15, 0.2) is 9.84 Å². The number of aryl methyl sites for hydroxylation is 1. The summed E-state index contributed by atoms with van der Waals surface area (Å²) in [6, 6.07) is 20.7. The molecule has 7 nitrogen and oxygen atoms in total. The van der Waals surface area contributed by atoms with Crippen LogP contribution in [0.5, 0.6) is 0 Å². The molecule has 0 unspecified atom stereocenters. The monoisotopic (exact) mass is 461 g/mol. The number of benzene rings is 3. The van der Waals surface area contributed by atoms with Crippen LogP contribution in [-0.4, -0.2) is 24.8 Å². The molecule has 1 aromatic heterocycles. The number of aromatic nitrogens is 1. The topological polar surface area (TPSA) is 111 Å². The molecule has 0 fully saturated rings. The smallest absolute Gasteiger partial charge is 0.248 e. The number of primary amides is 1. The van der Waals surface area contributed by atoms with Crippen molar-refractivity contribution in [1.82, 2.24) is 4.57 Å². The van der Waals surface area contributed by atoms with Crippen LogP contribution in [0.3, 0.4) is 0 Å². The van der Waals surface area contributed by atoms with Gasteiger partial charge in [-0.3, -0.25) is 9.59 Å². The van der Waals surface area contributed by atoms with E-state index in [0.717, 1.165) is 11.1 Å². The summed E-state index contributed by atoms with van der Waals surface area (Å²) in [5.74, 6) is -0.997. The van der Waals surface area contributed by atoms with Gasteiger partial charge in [-0.05, 0) is 48.4 Å². The first-order chi connectivity index (χ1) is 15.7. The molecule has 0 bridgehead atoms. The van der Waals surface area contributed by atoms with Crippen LogP contribution in [0.4, 0.5) is 5.69 Å². The van der Waals surface area contributed by atoms with Crippen molar-refractivity contribution in [2.75, 3.05) is 5.32 Å². The Morgan fingerprint density at radius 1 is 0.939 bits per heavy atom. The van der Waals surface area contributed by atoms with Gasteiger partial charge in [0.05, 0.1) is 10.6 Å². The molecule has 2 amide bonds. The summed E-state index contributed by atoms with van der Waals surface area (Å²) in [7, 11) is -3.65. The second kappa shape index (κ2) is 8.91. The molecule has 8 heteroatoms. The second-order valence-electron chi connectivity index (χ2n) is 7.81. The Labute approximate surface area is 191 Å². The van der Waals surface area contributed by atoms with E-state index >= 15 is 0 Å². The molecule has 3 N–H and O–H groups in total. The number of hydrogen-bond donors (Lipinski definition) is 2. The fourth-order valence-corrected chi connectivity index (χ4v) is 5.40. The molecular weight excluding hydrogens is 438 g/mol. The normalized spacial score (nSPS) is 11.4. The van der Waals surface area contributed by atoms with E-state index in [9.17, 15) is 18.0 Å². The number of anilines is 1. The first-order valence-corrected chi connectivity index (χ1v) is 11.9. The standard InChI is InChI=1S/C25H23N3O4S/c1-17-6-2-3-7-19(17)16-33(31,32)23-14-28(22-9-5-4-8-21(22)23)15-24(29)27-20-12-10-18(11-13-20)25(26)30/h2-14H,15-16H2,1H3,(H2,26,30)(H,27,29). The van der Waals surface area contributed by atoms with E-state index in [-0.39, 0.29) is 23.1 Å².